The molecule has 6 heteroatoms. The summed E-state index contributed by atoms with van der Waals surface area (Å²) in [6.07, 6.45) is 3.33. The monoisotopic (exact) mass is 303 g/mol. The molecule has 2 rings (SSSR count). The van der Waals surface area contributed by atoms with E-state index in [1.807, 2.05) is 4.90 Å². The van der Waals surface area contributed by atoms with Gasteiger partial charge < -0.3 is 15.5 Å². The minimum absolute atomic E-state index is 0. The normalized spacial score (nSPS) is 25.8. The van der Waals surface area contributed by atoms with Crippen LogP contribution in [0.3, 0.4) is 0 Å². The van der Waals surface area contributed by atoms with Gasteiger partial charge in [0.15, 0.2) is 0 Å². The minimum Gasteiger partial charge on any atom is -0.356 e. The van der Waals surface area contributed by atoms with Crippen molar-refractivity contribution >= 4 is 24.2 Å². The number of halogens is 1. The third-order valence-corrected chi connectivity index (χ3v) is 4.17. The summed E-state index contributed by atoms with van der Waals surface area (Å²) in [5.41, 5.74) is 0. The molecule has 2 N–H and O–H groups in total. The van der Waals surface area contributed by atoms with Crippen LogP contribution < -0.4 is 10.6 Å². The Morgan fingerprint density at radius 2 is 2.00 bits per heavy atom. The van der Waals surface area contributed by atoms with Gasteiger partial charge in [-0.25, -0.2) is 0 Å². The highest BCUT2D eigenvalue weighted by atomic mass is 35.5. The molecule has 0 aromatic rings. The molecule has 0 aromatic heterocycles. The predicted octanol–water partition coefficient (Wildman–Crippen LogP) is 0.923. The Kier molecular flexibility index (Phi) is 6.76. The van der Waals surface area contributed by atoms with Gasteiger partial charge in [0, 0.05) is 44.1 Å². The smallest absolute Gasteiger partial charge is 0.223 e. The maximum atomic E-state index is 12.1. The van der Waals surface area contributed by atoms with E-state index in [9.17, 15) is 9.59 Å². The van der Waals surface area contributed by atoms with Crippen LogP contribution in [0.5, 0.6) is 0 Å². The Labute approximate surface area is 127 Å². The van der Waals surface area contributed by atoms with E-state index in [4.69, 9.17) is 0 Å². The van der Waals surface area contributed by atoms with Gasteiger partial charge in [-0.2, -0.15) is 0 Å². The molecule has 1 saturated carbocycles. The fourth-order valence-corrected chi connectivity index (χ4v) is 2.49. The summed E-state index contributed by atoms with van der Waals surface area (Å²) in [4.78, 5) is 25.5. The molecule has 1 saturated heterocycles. The molecule has 0 bridgehead atoms. The van der Waals surface area contributed by atoms with Gasteiger partial charge in [-0.1, -0.05) is 0 Å². The fourth-order valence-electron chi connectivity index (χ4n) is 2.49. The number of nitrogens with zero attached hydrogens (tertiary/aromatic N) is 1. The zero-order valence-electron chi connectivity index (χ0n) is 12.4. The molecule has 5 nitrogen and oxygen atoms in total. The molecular weight excluding hydrogens is 278 g/mol. The van der Waals surface area contributed by atoms with E-state index in [0.29, 0.717) is 19.0 Å². The first-order chi connectivity index (χ1) is 9.09. The lowest BCUT2D eigenvalue weighted by Gasteiger charge is -2.38. The number of carbonyl (C=O) groups excluding carboxylic acids is 2. The Morgan fingerprint density at radius 1 is 1.30 bits per heavy atom. The Bertz CT molecular complexity index is 347. The van der Waals surface area contributed by atoms with Crippen molar-refractivity contribution in [3.63, 3.8) is 0 Å². The van der Waals surface area contributed by atoms with Gasteiger partial charge in [-0.15, -0.1) is 12.4 Å². The number of nitrogens with one attached hydrogen (secondary N) is 2. The Balaban J connectivity index is 0.00000200. The highest BCUT2D eigenvalue weighted by Crippen LogP contribution is 2.28. The average molecular weight is 304 g/mol. The molecule has 1 heterocycles. The molecule has 0 radical (unpaired) electrons. The van der Waals surface area contributed by atoms with Crippen molar-refractivity contribution in [2.45, 2.75) is 51.6 Å². The average Bonchev–Trinajstić information content (AvgIpc) is 3.21. The first kappa shape index (κ1) is 17.2. The van der Waals surface area contributed by atoms with Gasteiger partial charge in [0.1, 0.15) is 0 Å². The maximum Gasteiger partial charge on any atom is 0.223 e. The van der Waals surface area contributed by atoms with Gasteiger partial charge >= 0.3 is 0 Å². The summed E-state index contributed by atoms with van der Waals surface area (Å²) >= 11 is 0. The lowest BCUT2D eigenvalue weighted by atomic mass is 10.1. The van der Waals surface area contributed by atoms with Crippen LogP contribution in [0, 0.1) is 5.92 Å². The van der Waals surface area contributed by atoms with Crippen molar-refractivity contribution in [2.24, 2.45) is 5.92 Å². The molecule has 20 heavy (non-hydrogen) atoms. The lowest BCUT2D eigenvalue weighted by molar-refractivity contribution is -0.135. The second-order valence-corrected chi connectivity index (χ2v) is 5.74. The molecule has 0 spiro atoms. The summed E-state index contributed by atoms with van der Waals surface area (Å²) in [6, 6.07) is 0.606. The predicted molar refractivity (Wildman–Crippen MR) is 80.9 cm³/mol. The fraction of sp³-hybridized carbons (Fsp3) is 0.857. The molecule has 2 atom stereocenters. The number of hydrogen-bond donors (Lipinski definition) is 2. The van der Waals surface area contributed by atoms with Crippen molar-refractivity contribution < 1.29 is 9.59 Å². The van der Waals surface area contributed by atoms with Crippen molar-refractivity contribution in [3.05, 3.63) is 0 Å². The van der Waals surface area contributed by atoms with Gasteiger partial charge in [0.2, 0.25) is 11.8 Å². The number of rotatable bonds is 5. The topological polar surface area (TPSA) is 61.4 Å². The zero-order chi connectivity index (χ0) is 13.8. The Hall–Kier alpha value is -0.810. The maximum absolute atomic E-state index is 12.1. The van der Waals surface area contributed by atoms with Crippen LogP contribution in [0.25, 0.3) is 0 Å². The summed E-state index contributed by atoms with van der Waals surface area (Å²) in [5.74, 6) is 0.628. The molecule has 2 fully saturated rings. The number of hydrogen-bond acceptors (Lipinski definition) is 3. The minimum atomic E-state index is 0. The first-order valence-electron chi connectivity index (χ1n) is 7.40. The molecule has 2 amide bonds. The second kappa shape index (κ2) is 7.84. The molecule has 0 aromatic carbocycles. The van der Waals surface area contributed by atoms with E-state index in [-0.39, 0.29) is 36.2 Å². The summed E-state index contributed by atoms with van der Waals surface area (Å²) in [6.45, 7) is 6.48. The molecule has 2 unspecified atom stereocenters. The number of carbonyl (C=O) groups is 2. The van der Waals surface area contributed by atoms with Crippen LogP contribution in [0.1, 0.15) is 39.5 Å². The van der Waals surface area contributed by atoms with Gasteiger partial charge in [-0.05, 0) is 33.1 Å². The highest BCUT2D eigenvalue weighted by molar-refractivity contribution is 5.85. The van der Waals surface area contributed by atoms with Crippen LogP contribution >= 0.6 is 12.4 Å². The van der Waals surface area contributed by atoms with E-state index >= 15 is 0 Å². The van der Waals surface area contributed by atoms with Crippen molar-refractivity contribution in [3.8, 4) is 0 Å². The largest absolute Gasteiger partial charge is 0.356 e. The third kappa shape index (κ3) is 4.63. The number of piperazine rings is 1. The summed E-state index contributed by atoms with van der Waals surface area (Å²) in [5, 5.41) is 6.27. The van der Waals surface area contributed by atoms with Crippen LogP contribution in [-0.2, 0) is 9.59 Å². The van der Waals surface area contributed by atoms with E-state index in [1.54, 1.807) is 0 Å². The van der Waals surface area contributed by atoms with E-state index in [1.165, 1.54) is 0 Å². The van der Waals surface area contributed by atoms with Crippen molar-refractivity contribution in [1.29, 1.82) is 0 Å². The van der Waals surface area contributed by atoms with Gasteiger partial charge in [-0.3, -0.25) is 9.59 Å². The van der Waals surface area contributed by atoms with E-state index in [0.717, 1.165) is 32.4 Å². The van der Waals surface area contributed by atoms with Crippen LogP contribution in [-0.4, -0.2) is 48.4 Å². The first-order valence-corrected chi connectivity index (χ1v) is 7.40. The molecular formula is C14H26ClN3O2. The molecule has 116 valence electrons. The van der Waals surface area contributed by atoms with Gasteiger partial charge in [0.25, 0.3) is 0 Å². The lowest BCUT2D eigenvalue weighted by Crippen LogP contribution is -2.57. The van der Waals surface area contributed by atoms with E-state index < -0.39 is 0 Å². The van der Waals surface area contributed by atoms with E-state index in [2.05, 4.69) is 24.5 Å². The van der Waals surface area contributed by atoms with Gasteiger partial charge in [0.05, 0.1) is 0 Å². The van der Waals surface area contributed by atoms with Crippen molar-refractivity contribution in [2.75, 3.05) is 19.6 Å². The summed E-state index contributed by atoms with van der Waals surface area (Å²) in [7, 11) is 0. The second-order valence-electron chi connectivity index (χ2n) is 5.74. The SMILES string of the molecule is CC1NCCN(C(=O)CCCNC(=O)C2CC2)C1C.Cl. The van der Waals surface area contributed by atoms with Crippen molar-refractivity contribution in [1.82, 2.24) is 15.5 Å². The molecule has 1 aliphatic carbocycles. The zero-order valence-corrected chi connectivity index (χ0v) is 13.2. The third-order valence-electron chi connectivity index (χ3n) is 4.17. The molecule has 2 aliphatic rings. The quantitative estimate of drug-likeness (QED) is 0.743. The summed E-state index contributed by atoms with van der Waals surface area (Å²) < 4.78 is 0. The van der Waals surface area contributed by atoms with Crippen LogP contribution in [0.4, 0.5) is 0 Å². The van der Waals surface area contributed by atoms with Crippen LogP contribution in [0.2, 0.25) is 0 Å². The van der Waals surface area contributed by atoms with Crippen LogP contribution in [0.15, 0.2) is 0 Å². The molecule has 1 aliphatic heterocycles. The number of amides is 2. The standard InChI is InChI=1S/C14H25N3O2.ClH/c1-10-11(2)17(9-8-15-10)13(18)4-3-7-16-14(19)12-5-6-12;/h10-12,15H,3-9H2,1-2H3,(H,16,19);1H. The highest BCUT2D eigenvalue weighted by Gasteiger charge is 2.29. The Morgan fingerprint density at radius 3 is 2.65 bits per heavy atom.